The molecule has 6 heteroatoms. The van der Waals surface area contributed by atoms with Gasteiger partial charge in [-0.05, 0) is 24.6 Å². The topological polar surface area (TPSA) is 49.5 Å². The van der Waals surface area contributed by atoms with Crippen molar-refractivity contribution in [2.45, 2.75) is 32.5 Å². The summed E-state index contributed by atoms with van der Waals surface area (Å²) in [4.78, 5) is 0. The molecule has 106 valence electrons. The fourth-order valence-electron chi connectivity index (χ4n) is 1.76. The van der Waals surface area contributed by atoms with E-state index >= 15 is 0 Å². The fraction of sp³-hybridized carbons (Fsp3) is 0.833. The van der Waals surface area contributed by atoms with E-state index in [0.29, 0.717) is 6.61 Å². The summed E-state index contributed by atoms with van der Waals surface area (Å²) in [6.45, 7) is 5.56. The number of rotatable bonds is 9. The molecule has 1 fully saturated rings. The van der Waals surface area contributed by atoms with E-state index in [0.717, 1.165) is 18.6 Å². The summed E-state index contributed by atoms with van der Waals surface area (Å²) in [7, 11) is 2.13. The molecule has 0 N–H and O–H groups in total. The summed E-state index contributed by atoms with van der Waals surface area (Å²) in [5.74, 6) is 0. The highest BCUT2D eigenvalue weighted by atomic mass is 28.4. The van der Waals surface area contributed by atoms with Crippen LogP contribution in [0.25, 0.3) is 0 Å². The van der Waals surface area contributed by atoms with Crippen LogP contribution in [0.4, 0.5) is 0 Å². The van der Waals surface area contributed by atoms with Crippen molar-refractivity contribution < 1.29 is 22.8 Å². The van der Waals surface area contributed by atoms with E-state index in [-0.39, 0.29) is 12.2 Å². The summed E-state index contributed by atoms with van der Waals surface area (Å²) >= 11 is 0. The highest BCUT2D eigenvalue weighted by Crippen LogP contribution is 2.19. The summed E-state index contributed by atoms with van der Waals surface area (Å²) < 4.78 is 27.1. The van der Waals surface area contributed by atoms with E-state index in [1.165, 1.54) is 0 Å². The van der Waals surface area contributed by atoms with Gasteiger partial charge in [-0.25, -0.2) is 0 Å². The van der Waals surface area contributed by atoms with E-state index in [2.05, 4.69) is 6.92 Å². The molecule has 0 aromatic heterocycles. The second-order valence-corrected chi connectivity index (χ2v) is 7.01. The van der Waals surface area contributed by atoms with Crippen LogP contribution in [0, 0.1) is 0 Å². The predicted molar refractivity (Wildman–Crippen MR) is 70.3 cm³/mol. The number of epoxide rings is 1. The zero-order chi connectivity index (χ0) is 13.6. The van der Waals surface area contributed by atoms with E-state index in [4.69, 9.17) is 22.8 Å². The molecule has 2 unspecified atom stereocenters. The van der Waals surface area contributed by atoms with E-state index in [9.17, 15) is 0 Å². The molecule has 1 aliphatic rings. The van der Waals surface area contributed by atoms with Crippen molar-refractivity contribution in [2.24, 2.45) is 0 Å². The fourth-order valence-corrected chi connectivity index (χ4v) is 3.35. The Morgan fingerprint density at radius 1 is 1.33 bits per heavy atom. The van der Waals surface area contributed by atoms with Gasteiger partial charge in [0.15, 0.2) is 0 Å². The second-order valence-electron chi connectivity index (χ2n) is 4.29. The summed E-state index contributed by atoms with van der Waals surface area (Å²) in [5.41, 5.74) is 3.02. The molecule has 0 amide bonds. The number of hydrogen-bond acceptors (Lipinski definition) is 5. The lowest BCUT2D eigenvalue weighted by atomic mass is 10.1. The van der Waals surface area contributed by atoms with Gasteiger partial charge in [0, 0.05) is 21.3 Å². The molecular weight excluding hydrogens is 252 g/mol. The zero-order valence-corrected chi connectivity index (χ0v) is 12.9. The van der Waals surface area contributed by atoms with Crippen molar-refractivity contribution in [3.05, 3.63) is 11.3 Å². The quantitative estimate of drug-likeness (QED) is 0.472. The third kappa shape index (κ3) is 4.45. The van der Waals surface area contributed by atoms with E-state index in [1.54, 1.807) is 21.3 Å². The first-order valence-corrected chi connectivity index (χ1v) is 7.99. The van der Waals surface area contributed by atoms with Crippen LogP contribution >= 0.6 is 0 Å². The highest BCUT2D eigenvalue weighted by Gasteiger charge is 2.36. The molecular formula is C12H24O5Si. The molecule has 2 atom stereocenters. The normalized spacial score (nSPS) is 22.1. The second kappa shape index (κ2) is 7.37. The minimum atomic E-state index is -2.67. The summed E-state index contributed by atoms with van der Waals surface area (Å²) in [5, 5.41) is 0. The maximum absolute atomic E-state index is 5.82. The van der Waals surface area contributed by atoms with Crippen LogP contribution in [0.1, 0.15) is 20.3 Å². The third-order valence-corrected chi connectivity index (χ3v) is 5.54. The maximum atomic E-state index is 5.82. The molecule has 1 saturated heterocycles. The van der Waals surface area contributed by atoms with Crippen molar-refractivity contribution in [2.75, 3.05) is 34.5 Å². The molecule has 0 bridgehead atoms. The van der Waals surface area contributed by atoms with Crippen molar-refractivity contribution >= 4 is 8.80 Å². The van der Waals surface area contributed by atoms with Crippen LogP contribution in [-0.2, 0) is 22.8 Å². The summed E-state index contributed by atoms with van der Waals surface area (Å²) in [6, 6.07) is 0. The van der Waals surface area contributed by atoms with Crippen molar-refractivity contribution in [1.29, 1.82) is 0 Å². The minimum absolute atomic E-state index is 0.0570. The first-order valence-electron chi connectivity index (χ1n) is 6.18. The molecule has 0 aromatic rings. The van der Waals surface area contributed by atoms with Crippen LogP contribution < -0.4 is 0 Å². The zero-order valence-electron chi connectivity index (χ0n) is 11.9. The van der Waals surface area contributed by atoms with Gasteiger partial charge in [-0.1, -0.05) is 6.92 Å². The van der Waals surface area contributed by atoms with Gasteiger partial charge in [-0.15, -0.1) is 0 Å². The predicted octanol–water partition coefficient (Wildman–Crippen LogP) is 1.54. The van der Waals surface area contributed by atoms with Crippen molar-refractivity contribution in [1.82, 2.24) is 0 Å². The largest absolute Gasteiger partial charge is 0.528 e. The maximum Gasteiger partial charge on any atom is 0.528 e. The van der Waals surface area contributed by atoms with E-state index < -0.39 is 8.80 Å². The summed E-state index contributed by atoms with van der Waals surface area (Å²) in [6.07, 6.45) is 1.24. The van der Waals surface area contributed by atoms with Gasteiger partial charge in [0.25, 0.3) is 0 Å². The van der Waals surface area contributed by atoms with Gasteiger partial charge >= 0.3 is 8.80 Å². The molecule has 5 nitrogen and oxygen atoms in total. The van der Waals surface area contributed by atoms with Gasteiger partial charge in [0.1, 0.15) is 6.10 Å². The lowest BCUT2D eigenvalue weighted by Crippen LogP contribution is -2.42. The molecule has 0 saturated carbocycles. The smallest absolute Gasteiger partial charge is 0.374 e. The highest BCUT2D eigenvalue weighted by molar-refractivity contribution is 6.66. The Hall–Kier alpha value is -0.243. The van der Waals surface area contributed by atoms with Gasteiger partial charge in [0.05, 0.1) is 19.3 Å². The monoisotopic (exact) mass is 276 g/mol. The Bertz CT molecular complexity index is 265. The van der Waals surface area contributed by atoms with Crippen LogP contribution in [0.2, 0.25) is 0 Å². The molecule has 1 aliphatic heterocycles. The Labute approximate surface area is 110 Å². The van der Waals surface area contributed by atoms with Gasteiger partial charge in [-0.2, -0.15) is 0 Å². The molecule has 0 spiro atoms. The van der Waals surface area contributed by atoms with Crippen molar-refractivity contribution in [3.63, 3.8) is 0 Å². The number of hydrogen-bond donors (Lipinski definition) is 0. The van der Waals surface area contributed by atoms with E-state index in [1.807, 2.05) is 12.6 Å². The van der Waals surface area contributed by atoms with Crippen molar-refractivity contribution in [3.8, 4) is 0 Å². The lowest BCUT2D eigenvalue weighted by molar-refractivity contribution is 0.0621. The standard InChI is InChI=1S/C12H24O5Si/c1-6-12(17-8-11-7-16-11)10(2)9-18(13-3,14-4)15-5/h9,11-12H,6-8H2,1-5H3. The first-order chi connectivity index (χ1) is 8.60. The number of ether oxygens (including phenoxy) is 2. The van der Waals surface area contributed by atoms with Crippen LogP contribution in [0.3, 0.4) is 0 Å². The van der Waals surface area contributed by atoms with Crippen LogP contribution in [0.15, 0.2) is 11.3 Å². The average Bonchev–Trinajstić information content (AvgIpc) is 3.21. The SMILES string of the molecule is CCC(OCC1CO1)C(C)=C[Si](OC)(OC)OC. The third-order valence-electron chi connectivity index (χ3n) is 3.02. The van der Waals surface area contributed by atoms with Crippen LogP contribution in [-0.4, -0.2) is 55.6 Å². The first kappa shape index (κ1) is 15.8. The average molecular weight is 276 g/mol. The van der Waals surface area contributed by atoms with Gasteiger partial charge in [-0.3, -0.25) is 0 Å². The Morgan fingerprint density at radius 3 is 2.28 bits per heavy atom. The molecule has 18 heavy (non-hydrogen) atoms. The molecule has 1 rings (SSSR count). The lowest BCUT2D eigenvalue weighted by Gasteiger charge is -2.24. The Morgan fingerprint density at radius 2 is 1.89 bits per heavy atom. The molecule has 0 aliphatic carbocycles. The van der Waals surface area contributed by atoms with Gasteiger partial charge in [0.2, 0.25) is 0 Å². The molecule has 0 radical (unpaired) electrons. The molecule has 0 aromatic carbocycles. The van der Waals surface area contributed by atoms with Gasteiger partial charge < -0.3 is 22.8 Å². The minimum Gasteiger partial charge on any atom is -0.374 e. The van der Waals surface area contributed by atoms with Crippen LogP contribution in [0.5, 0.6) is 0 Å². The Balaban J connectivity index is 2.63. The Kier molecular flexibility index (Phi) is 6.48. The molecule has 1 heterocycles.